The molecule has 1 aromatic heterocycles. The zero-order valence-electron chi connectivity index (χ0n) is 8.80. The zero-order chi connectivity index (χ0) is 12.6. The van der Waals surface area contributed by atoms with Crippen LogP contribution >= 0.6 is 0 Å². The molecule has 2 rings (SSSR count). The fourth-order valence-electron chi connectivity index (χ4n) is 1.44. The third-order valence-electron chi connectivity index (χ3n) is 2.03. The second-order valence-electron chi connectivity index (χ2n) is 3.45. The lowest BCUT2D eigenvalue weighted by Gasteiger charge is -2.04. The molecule has 0 aliphatic carbocycles. The highest BCUT2D eigenvalue weighted by molar-refractivity contribution is 7.92. The van der Waals surface area contributed by atoms with Gasteiger partial charge in [-0.25, -0.2) is 8.42 Å². The predicted octanol–water partition coefficient (Wildman–Crippen LogP) is 0.298. The number of nitrogens with zero attached hydrogens (tertiary/aromatic N) is 1. The summed E-state index contributed by atoms with van der Waals surface area (Å²) in [6.45, 7) is 0. The Balaban J connectivity index is 2.70. The van der Waals surface area contributed by atoms with Crippen molar-refractivity contribution in [3.8, 4) is 0 Å². The monoisotopic (exact) mass is 255 g/mol. The van der Waals surface area contributed by atoms with Crippen LogP contribution in [-0.4, -0.2) is 25.7 Å². The Hall–Kier alpha value is -2.09. The number of nitrogens with one attached hydrogen (secondary N) is 1. The Labute approximate surface area is 96.6 Å². The molecule has 0 unspecified atom stereocenters. The second-order valence-corrected chi connectivity index (χ2v) is 5.20. The molecule has 0 aliphatic rings. The molecule has 1 amide bonds. The fourth-order valence-corrected chi connectivity index (χ4v) is 2.01. The normalized spacial score (nSPS) is 11.6. The lowest BCUT2D eigenvalue weighted by Crippen LogP contribution is -2.14. The number of rotatable bonds is 3. The molecule has 7 nitrogen and oxygen atoms in total. The maximum atomic E-state index is 11.2. The number of anilines is 1. The van der Waals surface area contributed by atoms with Crippen LogP contribution in [0.25, 0.3) is 11.0 Å². The van der Waals surface area contributed by atoms with Gasteiger partial charge in [-0.2, -0.15) is 0 Å². The van der Waals surface area contributed by atoms with E-state index in [2.05, 4.69) is 9.88 Å². The van der Waals surface area contributed by atoms with Gasteiger partial charge >= 0.3 is 0 Å². The Kier molecular flexibility index (Phi) is 2.50. The summed E-state index contributed by atoms with van der Waals surface area (Å²) in [5.41, 5.74) is 5.51. The summed E-state index contributed by atoms with van der Waals surface area (Å²) in [7, 11) is -3.46. The lowest BCUT2D eigenvalue weighted by atomic mass is 10.2. The molecule has 2 aromatic rings. The van der Waals surface area contributed by atoms with Crippen LogP contribution < -0.4 is 10.5 Å². The summed E-state index contributed by atoms with van der Waals surface area (Å²) < 4.78 is 29.5. The van der Waals surface area contributed by atoms with Crippen LogP contribution in [0.2, 0.25) is 0 Å². The fraction of sp³-hybridized carbons (Fsp3) is 0.111. The number of benzene rings is 1. The summed E-state index contributed by atoms with van der Waals surface area (Å²) in [5, 5.41) is 3.76. The lowest BCUT2D eigenvalue weighted by molar-refractivity contribution is 0.0993. The molecule has 0 fully saturated rings. The molecule has 1 aromatic carbocycles. The first-order valence-corrected chi connectivity index (χ1v) is 6.43. The van der Waals surface area contributed by atoms with Crippen molar-refractivity contribution in [1.29, 1.82) is 0 Å². The Morgan fingerprint density at radius 3 is 2.76 bits per heavy atom. The number of primary amides is 1. The van der Waals surface area contributed by atoms with Crippen molar-refractivity contribution in [3.05, 3.63) is 23.9 Å². The van der Waals surface area contributed by atoms with Gasteiger partial charge in [0.2, 0.25) is 10.0 Å². The van der Waals surface area contributed by atoms with Crippen molar-refractivity contribution in [3.63, 3.8) is 0 Å². The molecule has 3 N–H and O–H groups in total. The van der Waals surface area contributed by atoms with Gasteiger partial charge in [0.25, 0.3) is 5.91 Å². The first-order valence-electron chi connectivity index (χ1n) is 4.54. The van der Waals surface area contributed by atoms with E-state index in [0.717, 1.165) is 6.26 Å². The summed E-state index contributed by atoms with van der Waals surface area (Å²) in [6.07, 6.45) is 1.00. The van der Waals surface area contributed by atoms with E-state index in [4.69, 9.17) is 10.3 Å². The van der Waals surface area contributed by atoms with Crippen LogP contribution in [0.3, 0.4) is 0 Å². The van der Waals surface area contributed by atoms with Gasteiger partial charge in [-0.05, 0) is 12.1 Å². The van der Waals surface area contributed by atoms with Gasteiger partial charge in [-0.15, -0.1) is 0 Å². The van der Waals surface area contributed by atoms with Gasteiger partial charge in [0.15, 0.2) is 11.3 Å². The van der Waals surface area contributed by atoms with E-state index < -0.39 is 15.9 Å². The van der Waals surface area contributed by atoms with Gasteiger partial charge in [0.1, 0.15) is 0 Å². The van der Waals surface area contributed by atoms with Crippen molar-refractivity contribution in [2.75, 3.05) is 11.0 Å². The van der Waals surface area contributed by atoms with E-state index in [9.17, 15) is 13.2 Å². The van der Waals surface area contributed by atoms with Crippen LogP contribution in [0, 0.1) is 0 Å². The molecule has 0 bridgehead atoms. The number of amides is 1. The van der Waals surface area contributed by atoms with Crippen molar-refractivity contribution in [2.45, 2.75) is 0 Å². The number of hydrogen-bond donors (Lipinski definition) is 2. The quantitative estimate of drug-likeness (QED) is 0.818. The topological polar surface area (TPSA) is 115 Å². The van der Waals surface area contributed by atoms with Crippen LogP contribution in [0.1, 0.15) is 10.5 Å². The minimum absolute atomic E-state index is 0.105. The molecule has 0 aliphatic heterocycles. The average molecular weight is 255 g/mol. The van der Waals surface area contributed by atoms with Crippen LogP contribution in [0.5, 0.6) is 0 Å². The Bertz CT molecular complexity index is 689. The van der Waals surface area contributed by atoms with Crippen molar-refractivity contribution in [1.82, 2.24) is 5.16 Å². The van der Waals surface area contributed by atoms with E-state index in [1.54, 1.807) is 12.1 Å². The number of hydrogen-bond acceptors (Lipinski definition) is 5. The van der Waals surface area contributed by atoms with Gasteiger partial charge in [0, 0.05) is 0 Å². The zero-order valence-corrected chi connectivity index (χ0v) is 9.61. The van der Waals surface area contributed by atoms with Crippen molar-refractivity contribution < 1.29 is 17.7 Å². The van der Waals surface area contributed by atoms with Gasteiger partial charge in [0.05, 0.1) is 17.3 Å². The summed E-state index contributed by atoms with van der Waals surface area (Å²) in [4.78, 5) is 11.1. The standard InChI is InChI=1S/C9H9N3O4S/c1-17(14,15)12-5-3-2-4-6-7(5)8(9(10)13)11-16-6/h2-4,12H,1H3,(H2,10,13). The van der Waals surface area contributed by atoms with Crippen molar-refractivity contribution >= 4 is 32.6 Å². The SMILES string of the molecule is CS(=O)(=O)Nc1cccc2onc(C(N)=O)c12. The average Bonchev–Trinajstić information content (AvgIpc) is 2.59. The molecule has 0 atom stereocenters. The van der Waals surface area contributed by atoms with E-state index in [-0.39, 0.29) is 22.4 Å². The smallest absolute Gasteiger partial charge is 0.271 e. The molecule has 90 valence electrons. The molecule has 0 spiro atoms. The molecule has 0 radical (unpaired) electrons. The summed E-state index contributed by atoms with van der Waals surface area (Å²) in [6, 6.07) is 4.63. The predicted molar refractivity (Wildman–Crippen MR) is 61.0 cm³/mol. The number of sulfonamides is 1. The minimum atomic E-state index is -3.46. The third kappa shape index (κ3) is 2.21. The number of carbonyl (C=O) groups excluding carboxylic acids is 1. The first kappa shape index (κ1) is 11.4. The highest BCUT2D eigenvalue weighted by Crippen LogP contribution is 2.27. The summed E-state index contributed by atoms with van der Waals surface area (Å²) >= 11 is 0. The minimum Gasteiger partial charge on any atom is -0.364 e. The molecule has 0 saturated carbocycles. The van der Waals surface area contributed by atoms with Crippen LogP contribution in [-0.2, 0) is 10.0 Å². The molecular weight excluding hydrogens is 246 g/mol. The number of aromatic nitrogens is 1. The molecule has 0 saturated heterocycles. The van der Waals surface area contributed by atoms with Crippen molar-refractivity contribution in [2.24, 2.45) is 5.73 Å². The maximum absolute atomic E-state index is 11.2. The Morgan fingerprint density at radius 1 is 1.47 bits per heavy atom. The van der Waals surface area contributed by atoms with E-state index >= 15 is 0 Å². The molecule has 17 heavy (non-hydrogen) atoms. The second kappa shape index (κ2) is 3.74. The van der Waals surface area contributed by atoms with Gasteiger partial charge in [-0.1, -0.05) is 11.2 Å². The maximum Gasteiger partial charge on any atom is 0.271 e. The molecular formula is C9H9N3O4S. The van der Waals surface area contributed by atoms with E-state index in [1.165, 1.54) is 6.07 Å². The van der Waals surface area contributed by atoms with Gasteiger partial charge < -0.3 is 10.3 Å². The van der Waals surface area contributed by atoms with E-state index in [1.807, 2.05) is 0 Å². The molecule has 1 heterocycles. The van der Waals surface area contributed by atoms with Crippen LogP contribution in [0.15, 0.2) is 22.7 Å². The number of carbonyl (C=O) groups is 1. The molecule has 8 heteroatoms. The number of nitrogens with two attached hydrogens (primary N) is 1. The Morgan fingerprint density at radius 2 is 2.18 bits per heavy atom. The number of fused-ring (bicyclic) bond motifs is 1. The highest BCUT2D eigenvalue weighted by Gasteiger charge is 2.18. The first-order chi connectivity index (χ1) is 7.88. The third-order valence-corrected chi connectivity index (χ3v) is 2.62. The van der Waals surface area contributed by atoms with Gasteiger partial charge in [-0.3, -0.25) is 9.52 Å². The van der Waals surface area contributed by atoms with Crippen LogP contribution in [0.4, 0.5) is 5.69 Å². The summed E-state index contributed by atoms with van der Waals surface area (Å²) in [5.74, 6) is -0.786. The largest absolute Gasteiger partial charge is 0.364 e. The highest BCUT2D eigenvalue weighted by atomic mass is 32.2. The van der Waals surface area contributed by atoms with E-state index in [0.29, 0.717) is 0 Å².